The average Bonchev–Trinajstić information content (AvgIpc) is 3.01. The number of thiophene rings is 1. The third kappa shape index (κ3) is 3.92. The molecule has 1 amide bonds. The zero-order chi connectivity index (χ0) is 16.1. The fourth-order valence-electron chi connectivity index (χ4n) is 2.77. The third-order valence-corrected chi connectivity index (χ3v) is 5.06. The fourth-order valence-corrected chi connectivity index (χ4v) is 3.78. The van der Waals surface area contributed by atoms with Crippen molar-refractivity contribution >= 4 is 17.2 Å². The van der Waals surface area contributed by atoms with Crippen LogP contribution in [-0.2, 0) is 0 Å². The van der Waals surface area contributed by atoms with Crippen molar-refractivity contribution in [1.29, 1.82) is 0 Å². The maximum atomic E-state index is 12.6. The molecule has 2 heterocycles. The van der Waals surface area contributed by atoms with Crippen molar-refractivity contribution in [1.82, 2.24) is 10.6 Å². The molecule has 1 saturated heterocycles. The highest BCUT2D eigenvalue weighted by molar-refractivity contribution is 7.17. The van der Waals surface area contributed by atoms with E-state index in [9.17, 15) is 4.79 Å². The SMILES string of the molecule is CCOc1cc(-c2ccccc2)sc1C(=O)NC1CCCNC1. The van der Waals surface area contributed by atoms with Gasteiger partial charge in [0.1, 0.15) is 10.6 Å². The quantitative estimate of drug-likeness (QED) is 0.884. The monoisotopic (exact) mass is 330 g/mol. The standard InChI is InChI=1S/C18H22N2O2S/c1-2-22-15-11-16(13-7-4-3-5-8-13)23-17(15)18(21)20-14-9-6-10-19-12-14/h3-5,7-8,11,14,19H,2,6,9-10,12H2,1H3,(H,20,21). The molecular formula is C18H22N2O2S. The lowest BCUT2D eigenvalue weighted by Crippen LogP contribution is -2.45. The van der Waals surface area contributed by atoms with Crippen LogP contribution in [0.4, 0.5) is 0 Å². The lowest BCUT2D eigenvalue weighted by atomic mass is 10.1. The van der Waals surface area contributed by atoms with Crippen molar-refractivity contribution in [3.63, 3.8) is 0 Å². The lowest BCUT2D eigenvalue weighted by Gasteiger charge is -2.23. The summed E-state index contributed by atoms with van der Waals surface area (Å²) in [5, 5.41) is 6.45. The smallest absolute Gasteiger partial charge is 0.265 e. The zero-order valence-corrected chi connectivity index (χ0v) is 14.1. The first-order valence-electron chi connectivity index (χ1n) is 8.11. The predicted molar refractivity (Wildman–Crippen MR) is 94.3 cm³/mol. The average molecular weight is 330 g/mol. The van der Waals surface area contributed by atoms with Gasteiger partial charge in [0.15, 0.2) is 0 Å². The number of carbonyl (C=O) groups excluding carboxylic acids is 1. The van der Waals surface area contributed by atoms with Crippen LogP contribution in [0.15, 0.2) is 36.4 Å². The maximum Gasteiger partial charge on any atom is 0.265 e. The van der Waals surface area contributed by atoms with Crippen LogP contribution in [0, 0.1) is 0 Å². The van der Waals surface area contributed by atoms with E-state index in [1.54, 1.807) is 0 Å². The Morgan fingerprint density at radius 1 is 1.39 bits per heavy atom. The highest BCUT2D eigenvalue weighted by Crippen LogP contribution is 2.36. The molecule has 1 fully saturated rings. The van der Waals surface area contributed by atoms with Gasteiger partial charge in [-0.3, -0.25) is 4.79 Å². The van der Waals surface area contributed by atoms with Crippen LogP contribution < -0.4 is 15.4 Å². The first-order chi connectivity index (χ1) is 11.3. The summed E-state index contributed by atoms with van der Waals surface area (Å²) in [5.74, 6) is 0.645. The summed E-state index contributed by atoms with van der Waals surface area (Å²) in [6.45, 7) is 4.36. The largest absolute Gasteiger partial charge is 0.492 e. The van der Waals surface area contributed by atoms with E-state index in [0.29, 0.717) is 17.2 Å². The molecule has 1 aromatic carbocycles. The minimum atomic E-state index is -0.0330. The number of rotatable bonds is 5. The van der Waals surface area contributed by atoms with Crippen LogP contribution in [0.25, 0.3) is 10.4 Å². The number of benzene rings is 1. The summed E-state index contributed by atoms with van der Waals surface area (Å²) in [6, 6.07) is 12.3. The first-order valence-corrected chi connectivity index (χ1v) is 8.93. The van der Waals surface area contributed by atoms with E-state index in [0.717, 1.165) is 36.4 Å². The van der Waals surface area contributed by atoms with Gasteiger partial charge in [-0.15, -0.1) is 11.3 Å². The van der Waals surface area contributed by atoms with Gasteiger partial charge in [0, 0.05) is 17.5 Å². The summed E-state index contributed by atoms with van der Waals surface area (Å²) in [6.07, 6.45) is 2.13. The molecule has 1 atom stereocenters. The van der Waals surface area contributed by atoms with E-state index in [1.807, 2.05) is 43.3 Å². The number of hydrogen-bond donors (Lipinski definition) is 2. The Morgan fingerprint density at radius 2 is 2.22 bits per heavy atom. The molecule has 1 unspecified atom stereocenters. The first kappa shape index (κ1) is 16.0. The Balaban J connectivity index is 1.81. The van der Waals surface area contributed by atoms with Gasteiger partial charge in [-0.05, 0) is 37.9 Å². The molecule has 0 aliphatic carbocycles. The van der Waals surface area contributed by atoms with Gasteiger partial charge < -0.3 is 15.4 Å². The second kappa shape index (κ2) is 7.62. The molecule has 2 N–H and O–H groups in total. The van der Waals surface area contributed by atoms with Gasteiger partial charge in [-0.25, -0.2) is 0 Å². The van der Waals surface area contributed by atoms with Crippen LogP contribution in [-0.4, -0.2) is 31.6 Å². The summed E-state index contributed by atoms with van der Waals surface area (Å²) >= 11 is 1.49. The van der Waals surface area contributed by atoms with E-state index in [1.165, 1.54) is 11.3 Å². The van der Waals surface area contributed by atoms with Crippen LogP contribution in [0.1, 0.15) is 29.4 Å². The number of carbonyl (C=O) groups is 1. The van der Waals surface area contributed by atoms with Crippen LogP contribution in [0.5, 0.6) is 5.75 Å². The minimum Gasteiger partial charge on any atom is -0.492 e. The summed E-state index contributed by atoms with van der Waals surface area (Å²) < 4.78 is 5.68. The Kier molecular flexibility index (Phi) is 5.31. The van der Waals surface area contributed by atoms with Crippen LogP contribution in [0.3, 0.4) is 0 Å². The molecule has 5 heteroatoms. The topological polar surface area (TPSA) is 50.4 Å². The van der Waals surface area contributed by atoms with E-state index >= 15 is 0 Å². The van der Waals surface area contributed by atoms with Gasteiger partial charge in [0.2, 0.25) is 0 Å². The minimum absolute atomic E-state index is 0.0330. The van der Waals surface area contributed by atoms with Crippen molar-refractivity contribution in [3.8, 4) is 16.2 Å². The number of ether oxygens (including phenoxy) is 1. The van der Waals surface area contributed by atoms with Gasteiger partial charge in [-0.2, -0.15) is 0 Å². The van der Waals surface area contributed by atoms with Crippen molar-refractivity contribution in [2.75, 3.05) is 19.7 Å². The molecule has 23 heavy (non-hydrogen) atoms. The normalized spacial score (nSPS) is 17.7. The highest BCUT2D eigenvalue weighted by atomic mass is 32.1. The molecule has 2 aromatic rings. The fraction of sp³-hybridized carbons (Fsp3) is 0.389. The van der Waals surface area contributed by atoms with Gasteiger partial charge in [-0.1, -0.05) is 30.3 Å². The Labute approximate surface area is 140 Å². The number of nitrogens with one attached hydrogen (secondary N) is 2. The summed E-state index contributed by atoms with van der Waals surface area (Å²) in [7, 11) is 0. The van der Waals surface area contributed by atoms with E-state index < -0.39 is 0 Å². The third-order valence-electron chi connectivity index (χ3n) is 3.89. The van der Waals surface area contributed by atoms with Gasteiger partial charge in [0.25, 0.3) is 5.91 Å². The summed E-state index contributed by atoms with van der Waals surface area (Å²) in [4.78, 5) is 14.4. The Hall–Kier alpha value is -1.85. The molecule has 1 aliphatic rings. The Morgan fingerprint density at radius 3 is 2.91 bits per heavy atom. The van der Waals surface area contributed by atoms with Crippen molar-refractivity contribution < 1.29 is 9.53 Å². The van der Waals surface area contributed by atoms with Crippen molar-refractivity contribution in [3.05, 3.63) is 41.3 Å². The molecule has 1 aromatic heterocycles. The molecule has 3 rings (SSSR count). The van der Waals surface area contributed by atoms with Crippen molar-refractivity contribution in [2.45, 2.75) is 25.8 Å². The zero-order valence-electron chi connectivity index (χ0n) is 13.3. The molecule has 0 saturated carbocycles. The van der Waals surface area contributed by atoms with E-state index in [4.69, 9.17) is 4.74 Å². The van der Waals surface area contributed by atoms with Crippen LogP contribution >= 0.6 is 11.3 Å². The molecule has 122 valence electrons. The molecule has 0 radical (unpaired) electrons. The second-order valence-electron chi connectivity index (χ2n) is 5.62. The number of amides is 1. The van der Waals surface area contributed by atoms with Gasteiger partial charge in [0.05, 0.1) is 6.61 Å². The van der Waals surface area contributed by atoms with E-state index in [2.05, 4.69) is 10.6 Å². The maximum absolute atomic E-state index is 12.6. The highest BCUT2D eigenvalue weighted by Gasteiger charge is 2.22. The number of hydrogen-bond acceptors (Lipinski definition) is 4. The molecule has 0 spiro atoms. The van der Waals surface area contributed by atoms with Gasteiger partial charge >= 0.3 is 0 Å². The molecule has 0 bridgehead atoms. The Bertz CT molecular complexity index is 648. The number of piperidine rings is 1. The second-order valence-corrected chi connectivity index (χ2v) is 6.67. The van der Waals surface area contributed by atoms with Crippen LogP contribution in [0.2, 0.25) is 0 Å². The lowest BCUT2D eigenvalue weighted by molar-refractivity contribution is 0.0931. The summed E-state index contributed by atoms with van der Waals surface area (Å²) in [5.41, 5.74) is 1.11. The molecular weight excluding hydrogens is 308 g/mol. The molecule has 4 nitrogen and oxygen atoms in total. The van der Waals surface area contributed by atoms with E-state index in [-0.39, 0.29) is 11.9 Å². The predicted octanol–water partition coefficient (Wildman–Crippen LogP) is 3.30. The molecule has 1 aliphatic heterocycles. The van der Waals surface area contributed by atoms with Crippen molar-refractivity contribution in [2.24, 2.45) is 0 Å².